The van der Waals surface area contributed by atoms with Crippen LogP contribution in [-0.4, -0.2) is 11.7 Å². The van der Waals surface area contributed by atoms with E-state index in [2.05, 4.69) is 11.8 Å². The number of rotatable bonds is 4. The highest BCUT2D eigenvalue weighted by molar-refractivity contribution is 6.25. The zero-order chi connectivity index (χ0) is 8.36. The average Bonchev–Trinajstić information content (AvgIpc) is 2.03. The molecular weight excluding hydrogens is 160 g/mol. The zero-order valence-electron chi connectivity index (χ0n) is 6.52. The largest absolute Gasteiger partial charge is 0.396 e. The Labute approximate surface area is 73.1 Å². The van der Waals surface area contributed by atoms with Crippen molar-refractivity contribution in [2.75, 3.05) is 6.61 Å². The van der Waals surface area contributed by atoms with E-state index in [0.29, 0.717) is 0 Å². The second kappa shape index (κ2) is 9.55. The topological polar surface area (TPSA) is 20.2 Å². The maximum absolute atomic E-state index is 8.44. The first-order valence-electron chi connectivity index (χ1n) is 3.76. The third kappa shape index (κ3) is 9.55. The highest BCUT2D eigenvalue weighted by atomic mass is 35.5. The first-order chi connectivity index (χ1) is 5.41. The van der Waals surface area contributed by atoms with Crippen LogP contribution in [0.4, 0.5) is 0 Å². The van der Waals surface area contributed by atoms with Gasteiger partial charge in [0.15, 0.2) is 0 Å². The van der Waals surface area contributed by atoms with Gasteiger partial charge in [-0.2, -0.15) is 0 Å². The van der Waals surface area contributed by atoms with Gasteiger partial charge in [-0.25, -0.2) is 0 Å². The molecule has 0 bridgehead atoms. The Morgan fingerprint density at radius 3 is 2.73 bits per heavy atom. The molecule has 2 heteroatoms. The molecule has 0 atom stereocenters. The first kappa shape index (κ1) is 10.6. The minimum absolute atomic E-state index is 0.287. The van der Waals surface area contributed by atoms with Gasteiger partial charge in [0.1, 0.15) is 0 Å². The normalized spacial score (nSPS) is 9.64. The molecule has 11 heavy (non-hydrogen) atoms. The second-order valence-electron chi connectivity index (χ2n) is 2.15. The Hall–Kier alpha value is -0.450. The molecule has 0 aromatic carbocycles. The monoisotopic (exact) mass is 172 g/mol. The standard InChI is InChI=1S/C9H13ClO/c10-8-6-4-2-1-3-5-7-9-11/h6,8,11H,1,3,5,7,9H2/b8-6-. The van der Waals surface area contributed by atoms with E-state index in [1.807, 2.05) is 0 Å². The van der Waals surface area contributed by atoms with E-state index in [0.717, 1.165) is 25.7 Å². The fourth-order valence-electron chi connectivity index (χ4n) is 0.665. The summed E-state index contributed by atoms with van der Waals surface area (Å²) in [4.78, 5) is 0. The van der Waals surface area contributed by atoms with E-state index in [1.165, 1.54) is 5.54 Å². The fraction of sp³-hybridized carbons (Fsp3) is 0.556. The molecule has 0 fully saturated rings. The first-order valence-corrected chi connectivity index (χ1v) is 4.20. The highest BCUT2D eigenvalue weighted by Gasteiger charge is 1.83. The SMILES string of the molecule is OCCCCCC#C/C=C\Cl. The van der Waals surface area contributed by atoms with Gasteiger partial charge >= 0.3 is 0 Å². The molecule has 0 amide bonds. The van der Waals surface area contributed by atoms with Crippen molar-refractivity contribution >= 4 is 11.6 Å². The Morgan fingerprint density at radius 1 is 1.27 bits per heavy atom. The van der Waals surface area contributed by atoms with E-state index >= 15 is 0 Å². The van der Waals surface area contributed by atoms with Crippen molar-refractivity contribution in [2.45, 2.75) is 25.7 Å². The molecular formula is C9H13ClO. The third-order valence-electron chi connectivity index (χ3n) is 1.21. The zero-order valence-corrected chi connectivity index (χ0v) is 7.27. The van der Waals surface area contributed by atoms with E-state index in [1.54, 1.807) is 6.08 Å². The van der Waals surface area contributed by atoms with E-state index in [9.17, 15) is 0 Å². The van der Waals surface area contributed by atoms with Crippen LogP contribution in [0.5, 0.6) is 0 Å². The van der Waals surface area contributed by atoms with Crippen molar-refractivity contribution in [1.82, 2.24) is 0 Å². The lowest BCUT2D eigenvalue weighted by Crippen LogP contribution is -1.81. The van der Waals surface area contributed by atoms with Gasteiger partial charge in [-0.1, -0.05) is 29.9 Å². The van der Waals surface area contributed by atoms with Gasteiger partial charge in [-0.05, 0) is 18.9 Å². The molecule has 0 spiro atoms. The summed E-state index contributed by atoms with van der Waals surface area (Å²) in [6.45, 7) is 0.287. The van der Waals surface area contributed by atoms with Crippen LogP contribution in [0.1, 0.15) is 25.7 Å². The molecule has 1 N–H and O–H groups in total. The van der Waals surface area contributed by atoms with Crippen LogP contribution in [0.2, 0.25) is 0 Å². The van der Waals surface area contributed by atoms with Crippen molar-refractivity contribution in [3.8, 4) is 11.8 Å². The molecule has 0 aliphatic heterocycles. The molecule has 0 aromatic rings. The number of hydrogen-bond donors (Lipinski definition) is 1. The predicted octanol–water partition coefficient (Wildman–Crippen LogP) is 2.29. The van der Waals surface area contributed by atoms with Gasteiger partial charge in [0.05, 0.1) is 0 Å². The number of hydrogen-bond acceptors (Lipinski definition) is 1. The molecule has 0 saturated heterocycles. The van der Waals surface area contributed by atoms with Gasteiger partial charge < -0.3 is 5.11 Å². The third-order valence-corrected chi connectivity index (χ3v) is 1.33. The van der Waals surface area contributed by atoms with Crippen LogP contribution in [0, 0.1) is 11.8 Å². The van der Waals surface area contributed by atoms with Crippen molar-refractivity contribution in [3.63, 3.8) is 0 Å². The minimum Gasteiger partial charge on any atom is -0.396 e. The Morgan fingerprint density at radius 2 is 2.09 bits per heavy atom. The molecule has 0 saturated carbocycles. The minimum atomic E-state index is 0.287. The fourth-order valence-corrected chi connectivity index (χ4v) is 0.728. The van der Waals surface area contributed by atoms with Crippen LogP contribution in [0.15, 0.2) is 11.6 Å². The highest BCUT2D eigenvalue weighted by Crippen LogP contribution is 1.96. The summed E-state index contributed by atoms with van der Waals surface area (Å²) in [5.41, 5.74) is 1.40. The molecule has 62 valence electrons. The van der Waals surface area contributed by atoms with Crippen LogP contribution < -0.4 is 0 Å². The maximum Gasteiger partial charge on any atom is 0.0431 e. The molecule has 0 aliphatic rings. The van der Waals surface area contributed by atoms with E-state index in [-0.39, 0.29) is 6.61 Å². The molecule has 1 nitrogen and oxygen atoms in total. The van der Waals surface area contributed by atoms with Crippen molar-refractivity contribution < 1.29 is 5.11 Å². The summed E-state index contributed by atoms with van der Waals surface area (Å²) in [7, 11) is 0. The molecule has 0 aliphatic carbocycles. The number of aliphatic hydroxyl groups excluding tert-OH is 1. The van der Waals surface area contributed by atoms with Crippen molar-refractivity contribution in [2.24, 2.45) is 0 Å². The van der Waals surface area contributed by atoms with Gasteiger partial charge in [0.25, 0.3) is 0 Å². The number of allylic oxidation sites excluding steroid dienone is 1. The maximum atomic E-state index is 8.44. The molecule has 0 rings (SSSR count). The van der Waals surface area contributed by atoms with Crippen LogP contribution in [0.25, 0.3) is 0 Å². The van der Waals surface area contributed by atoms with Gasteiger partial charge in [-0.3, -0.25) is 0 Å². The molecule has 0 unspecified atom stereocenters. The number of aliphatic hydroxyl groups is 1. The van der Waals surface area contributed by atoms with Crippen molar-refractivity contribution in [1.29, 1.82) is 0 Å². The summed E-state index contributed by atoms with van der Waals surface area (Å²) < 4.78 is 0. The van der Waals surface area contributed by atoms with E-state index in [4.69, 9.17) is 16.7 Å². The summed E-state index contributed by atoms with van der Waals surface area (Å²) in [5.74, 6) is 5.73. The summed E-state index contributed by atoms with van der Waals surface area (Å²) in [5, 5.41) is 8.44. The van der Waals surface area contributed by atoms with Gasteiger partial charge in [0.2, 0.25) is 0 Å². The quantitative estimate of drug-likeness (QED) is 0.510. The van der Waals surface area contributed by atoms with Crippen LogP contribution in [0.3, 0.4) is 0 Å². The van der Waals surface area contributed by atoms with Crippen LogP contribution >= 0.6 is 11.6 Å². The second-order valence-corrected chi connectivity index (χ2v) is 2.40. The Balaban J connectivity index is 3.08. The predicted molar refractivity (Wildman–Crippen MR) is 48.3 cm³/mol. The average molecular weight is 173 g/mol. The molecule has 0 aromatic heterocycles. The van der Waals surface area contributed by atoms with Gasteiger partial charge in [-0.15, -0.1) is 0 Å². The summed E-state index contributed by atoms with van der Waals surface area (Å²) >= 11 is 5.25. The molecule has 0 heterocycles. The lowest BCUT2D eigenvalue weighted by molar-refractivity contribution is 0.283. The Kier molecular flexibility index (Phi) is 9.16. The summed E-state index contributed by atoms with van der Waals surface area (Å²) in [6.07, 6.45) is 5.50. The lowest BCUT2D eigenvalue weighted by atomic mass is 10.2. The molecule has 0 radical (unpaired) electrons. The van der Waals surface area contributed by atoms with Crippen molar-refractivity contribution in [3.05, 3.63) is 11.6 Å². The van der Waals surface area contributed by atoms with E-state index < -0.39 is 0 Å². The van der Waals surface area contributed by atoms with Crippen LogP contribution in [-0.2, 0) is 0 Å². The van der Waals surface area contributed by atoms with Gasteiger partial charge in [0, 0.05) is 18.6 Å². The number of unbranched alkanes of at least 4 members (excludes halogenated alkanes) is 3. The lowest BCUT2D eigenvalue weighted by Gasteiger charge is -1.90. The summed E-state index contributed by atoms with van der Waals surface area (Å²) in [6, 6.07) is 0. The Bertz CT molecular complexity index is 153. The smallest absolute Gasteiger partial charge is 0.0431 e. The number of halogens is 1.